The van der Waals surface area contributed by atoms with Crippen molar-refractivity contribution < 1.29 is 14.3 Å². The Morgan fingerprint density at radius 3 is 2.62 bits per heavy atom. The Labute approximate surface area is 191 Å². The summed E-state index contributed by atoms with van der Waals surface area (Å²) in [7, 11) is 3.23. The van der Waals surface area contributed by atoms with Crippen LogP contribution in [0.15, 0.2) is 72.2 Å². The van der Waals surface area contributed by atoms with E-state index < -0.39 is 0 Å². The van der Waals surface area contributed by atoms with Gasteiger partial charge in [0.05, 0.1) is 25.6 Å². The molecule has 1 amide bonds. The van der Waals surface area contributed by atoms with E-state index in [4.69, 9.17) is 14.5 Å². The second-order valence-corrected chi connectivity index (χ2v) is 8.07. The minimum atomic E-state index is -0.0391. The Kier molecular flexibility index (Phi) is 6.87. The highest BCUT2D eigenvalue weighted by Crippen LogP contribution is 2.29. The smallest absolute Gasteiger partial charge is 0.239 e. The number of carbonyl (C=O) groups excluding carboxylic acids is 1. The van der Waals surface area contributed by atoms with Gasteiger partial charge in [0.15, 0.2) is 11.5 Å². The van der Waals surface area contributed by atoms with E-state index in [0.29, 0.717) is 24.5 Å². The molecule has 6 nitrogen and oxygen atoms in total. The molecule has 0 saturated heterocycles. The van der Waals surface area contributed by atoms with Gasteiger partial charge in [-0.1, -0.05) is 36.4 Å². The molecule has 1 N–H and O–H groups in total. The van der Waals surface area contributed by atoms with E-state index in [9.17, 15) is 4.79 Å². The van der Waals surface area contributed by atoms with Gasteiger partial charge in [-0.15, -0.1) is 11.3 Å². The molecule has 2 heterocycles. The largest absolute Gasteiger partial charge is 0.493 e. The third-order valence-electron chi connectivity index (χ3n) is 5.12. The molecule has 0 unspecified atom stereocenters. The summed E-state index contributed by atoms with van der Waals surface area (Å²) in [5, 5.41) is 5.94. The summed E-state index contributed by atoms with van der Waals surface area (Å²) >= 11 is 1.58. The van der Waals surface area contributed by atoms with E-state index in [0.717, 1.165) is 27.5 Å². The summed E-state index contributed by atoms with van der Waals surface area (Å²) in [6.45, 7) is 0.787. The number of thiazole rings is 1. The first kappa shape index (κ1) is 21.6. The number of carbonyl (C=O) groups is 1. The van der Waals surface area contributed by atoms with Crippen LogP contribution in [-0.2, 0) is 17.8 Å². The molecule has 0 saturated carbocycles. The van der Waals surface area contributed by atoms with Gasteiger partial charge < -0.3 is 19.4 Å². The average molecular weight is 448 g/mol. The standard InChI is InChI=1S/C25H25N3O3S/c1-30-22-11-10-18(15-23(22)31-2)12-13-26-24(29)16-28-14-6-9-21(28)25-27-20(17-32-25)19-7-4-3-5-8-19/h3-11,14-15,17H,12-13,16H2,1-2H3,(H,26,29). The topological polar surface area (TPSA) is 65.4 Å². The summed E-state index contributed by atoms with van der Waals surface area (Å²) in [6, 6.07) is 19.8. The van der Waals surface area contributed by atoms with E-state index in [1.165, 1.54) is 0 Å². The van der Waals surface area contributed by atoms with E-state index in [1.54, 1.807) is 25.6 Å². The quantitative estimate of drug-likeness (QED) is 0.405. The molecule has 164 valence electrons. The van der Waals surface area contributed by atoms with Gasteiger partial charge >= 0.3 is 0 Å². The highest BCUT2D eigenvalue weighted by molar-refractivity contribution is 7.13. The summed E-state index contributed by atoms with van der Waals surface area (Å²) in [4.78, 5) is 17.3. The van der Waals surface area contributed by atoms with Crippen molar-refractivity contribution in [3.63, 3.8) is 0 Å². The van der Waals surface area contributed by atoms with E-state index in [2.05, 4.69) is 5.32 Å². The Morgan fingerprint density at radius 2 is 1.84 bits per heavy atom. The van der Waals surface area contributed by atoms with Crippen LogP contribution in [0.1, 0.15) is 5.56 Å². The second-order valence-electron chi connectivity index (χ2n) is 7.21. The molecule has 7 heteroatoms. The molecule has 0 aliphatic rings. The zero-order valence-corrected chi connectivity index (χ0v) is 18.9. The fourth-order valence-corrected chi connectivity index (χ4v) is 4.34. The summed E-state index contributed by atoms with van der Waals surface area (Å²) in [6.07, 6.45) is 2.62. The van der Waals surface area contributed by atoms with Crippen molar-refractivity contribution in [3.05, 3.63) is 77.8 Å². The molecule has 32 heavy (non-hydrogen) atoms. The molecule has 2 aromatic carbocycles. The van der Waals surface area contributed by atoms with Gasteiger partial charge in [0.25, 0.3) is 0 Å². The van der Waals surface area contributed by atoms with Gasteiger partial charge in [-0.3, -0.25) is 4.79 Å². The second kappa shape index (κ2) is 10.2. The zero-order valence-electron chi connectivity index (χ0n) is 18.1. The molecule has 0 bridgehead atoms. The molecule has 0 radical (unpaired) electrons. The van der Waals surface area contributed by atoms with Crippen LogP contribution >= 0.6 is 11.3 Å². The Balaban J connectivity index is 1.35. The van der Waals surface area contributed by atoms with E-state index in [1.807, 2.05) is 76.8 Å². The van der Waals surface area contributed by atoms with Crippen LogP contribution in [0.5, 0.6) is 11.5 Å². The Morgan fingerprint density at radius 1 is 1.03 bits per heavy atom. The molecular formula is C25H25N3O3S. The zero-order chi connectivity index (χ0) is 22.3. The Bertz CT molecular complexity index is 1180. The lowest BCUT2D eigenvalue weighted by Gasteiger charge is -2.11. The van der Waals surface area contributed by atoms with Crippen LogP contribution in [0.2, 0.25) is 0 Å². The van der Waals surface area contributed by atoms with E-state index in [-0.39, 0.29) is 12.5 Å². The van der Waals surface area contributed by atoms with Gasteiger partial charge in [-0.2, -0.15) is 0 Å². The first-order valence-corrected chi connectivity index (χ1v) is 11.2. The number of methoxy groups -OCH3 is 2. The van der Waals surface area contributed by atoms with Crippen molar-refractivity contribution in [2.45, 2.75) is 13.0 Å². The lowest BCUT2D eigenvalue weighted by Crippen LogP contribution is -2.29. The number of aromatic nitrogens is 2. The minimum Gasteiger partial charge on any atom is -0.493 e. The fraction of sp³-hybridized carbons (Fsp3) is 0.200. The molecule has 0 aliphatic heterocycles. The molecule has 0 atom stereocenters. The van der Waals surface area contributed by atoms with Crippen molar-refractivity contribution in [1.29, 1.82) is 0 Å². The predicted molar refractivity (Wildman–Crippen MR) is 127 cm³/mol. The number of rotatable bonds is 9. The lowest BCUT2D eigenvalue weighted by molar-refractivity contribution is -0.121. The van der Waals surface area contributed by atoms with Gasteiger partial charge in [-0.25, -0.2) is 4.98 Å². The SMILES string of the molecule is COc1ccc(CCNC(=O)Cn2cccc2-c2nc(-c3ccccc3)cs2)cc1OC. The highest BCUT2D eigenvalue weighted by atomic mass is 32.1. The number of amides is 1. The number of ether oxygens (including phenoxy) is 2. The highest BCUT2D eigenvalue weighted by Gasteiger charge is 2.12. The van der Waals surface area contributed by atoms with Crippen LogP contribution in [0.3, 0.4) is 0 Å². The third kappa shape index (κ3) is 5.00. The summed E-state index contributed by atoms with van der Waals surface area (Å²) in [5.41, 5.74) is 4.03. The maximum Gasteiger partial charge on any atom is 0.239 e. The summed E-state index contributed by atoms with van der Waals surface area (Å²) in [5.74, 6) is 1.34. The first-order valence-electron chi connectivity index (χ1n) is 10.3. The van der Waals surface area contributed by atoms with Crippen LogP contribution in [0, 0.1) is 0 Å². The van der Waals surface area contributed by atoms with Crippen molar-refractivity contribution in [2.75, 3.05) is 20.8 Å². The number of nitrogens with zero attached hydrogens (tertiary/aromatic N) is 2. The van der Waals surface area contributed by atoms with Crippen molar-refractivity contribution in [2.24, 2.45) is 0 Å². The van der Waals surface area contributed by atoms with Gasteiger partial charge in [0, 0.05) is 23.7 Å². The number of hydrogen-bond donors (Lipinski definition) is 1. The molecule has 2 aromatic heterocycles. The Hall–Kier alpha value is -3.58. The lowest BCUT2D eigenvalue weighted by atomic mass is 10.1. The van der Waals surface area contributed by atoms with Crippen molar-refractivity contribution >= 4 is 17.2 Å². The molecule has 4 aromatic rings. The molecule has 4 rings (SSSR count). The minimum absolute atomic E-state index is 0.0391. The average Bonchev–Trinajstić information content (AvgIpc) is 3.49. The van der Waals surface area contributed by atoms with Gasteiger partial charge in [0.2, 0.25) is 5.91 Å². The van der Waals surface area contributed by atoms with Crippen molar-refractivity contribution in [3.8, 4) is 33.5 Å². The van der Waals surface area contributed by atoms with Crippen molar-refractivity contribution in [1.82, 2.24) is 14.9 Å². The normalized spacial score (nSPS) is 10.7. The van der Waals surface area contributed by atoms with Crippen LogP contribution < -0.4 is 14.8 Å². The molecule has 0 spiro atoms. The number of benzene rings is 2. The maximum absolute atomic E-state index is 12.5. The van der Waals surface area contributed by atoms with Gasteiger partial charge in [-0.05, 0) is 36.2 Å². The predicted octanol–water partition coefficient (Wildman–Crippen LogP) is 4.65. The fourth-order valence-electron chi connectivity index (χ4n) is 3.47. The molecule has 0 aliphatic carbocycles. The third-order valence-corrected chi connectivity index (χ3v) is 5.98. The molecular weight excluding hydrogens is 422 g/mol. The van der Waals surface area contributed by atoms with Gasteiger partial charge in [0.1, 0.15) is 11.6 Å². The van der Waals surface area contributed by atoms with Crippen LogP contribution in [0.25, 0.3) is 22.0 Å². The number of nitrogens with one attached hydrogen (secondary N) is 1. The summed E-state index contributed by atoms with van der Waals surface area (Å²) < 4.78 is 12.5. The van der Waals surface area contributed by atoms with Crippen LogP contribution in [0.4, 0.5) is 0 Å². The first-order chi connectivity index (χ1) is 15.7. The van der Waals surface area contributed by atoms with Crippen LogP contribution in [-0.4, -0.2) is 36.2 Å². The van der Waals surface area contributed by atoms with E-state index >= 15 is 0 Å². The monoisotopic (exact) mass is 447 g/mol. The number of hydrogen-bond acceptors (Lipinski definition) is 5. The maximum atomic E-state index is 12.5. The molecule has 0 fully saturated rings.